The molecule has 1 aromatic carbocycles. The van der Waals surface area contributed by atoms with Crippen LogP contribution >= 0.6 is 11.6 Å². The molecule has 0 radical (unpaired) electrons. The van der Waals surface area contributed by atoms with Crippen molar-refractivity contribution in [3.05, 3.63) is 34.3 Å². The molecule has 0 saturated carbocycles. The van der Waals surface area contributed by atoms with E-state index in [9.17, 15) is 4.79 Å². The molecule has 21 heavy (non-hydrogen) atoms. The summed E-state index contributed by atoms with van der Waals surface area (Å²) in [5.74, 6) is 0.683. The molecule has 116 valence electrons. The lowest BCUT2D eigenvalue weighted by Crippen LogP contribution is -2.46. The Morgan fingerprint density at radius 2 is 1.90 bits per heavy atom. The highest BCUT2D eigenvalue weighted by Gasteiger charge is 2.28. The molecule has 0 amide bonds. The minimum atomic E-state index is 0.189. The summed E-state index contributed by atoms with van der Waals surface area (Å²) in [6, 6.07) is 5.70. The molecule has 1 fully saturated rings. The van der Waals surface area contributed by atoms with Gasteiger partial charge in [0.1, 0.15) is 0 Å². The van der Waals surface area contributed by atoms with Crippen molar-refractivity contribution in [2.24, 2.45) is 5.92 Å². The largest absolute Gasteiger partial charge is 0.298 e. The van der Waals surface area contributed by atoms with E-state index in [0.717, 1.165) is 31.5 Å². The fraction of sp³-hybridized carbons (Fsp3) is 0.611. The third-order valence-electron chi connectivity index (χ3n) is 4.46. The third kappa shape index (κ3) is 4.31. The van der Waals surface area contributed by atoms with E-state index in [4.69, 9.17) is 11.6 Å². The van der Waals surface area contributed by atoms with Crippen LogP contribution in [0.25, 0.3) is 0 Å². The zero-order valence-corrected chi connectivity index (χ0v) is 14.3. The van der Waals surface area contributed by atoms with Crippen molar-refractivity contribution in [3.8, 4) is 0 Å². The fourth-order valence-corrected chi connectivity index (χ4v) is 3.37. The Morgan fingerprint density at radius 3 is 2.43 bits per heavy atom. The minimum Gasteiger partial charge on any atom is -0.298 e. The quantitative estimate of drug-likeness (QED) is 0.752. The minimum absolute atomic E-state index is 0.189. The van der Waals surface area contributed by atoms with E-state index < -0.39 is 0 Å². The van der Waals surface area contributed by atoms with Gasteiger partial charge in [0.2, 0.25) is 0 Å². The molecule has 2 rings (SSSR count). The SMILES string of the molecule is Cc1ccc(C(=O)CC2CCN(C(C)(C)C)CC2)c(Cl)c1. The van der Waals surface area contributed by atoms with E-state index in [1.807, 2.05) is 25.1 Å². The van der Waals surface area contributed by atoms with Gasteiger partial charge in [-0.15, -0.1) is 0 Å². The molecule has 1 aliphatic heterocycles. The van der Waals surface area contributed by atoms with Gasteiger partial charge in [0.25, 0.3) is 0 Å². The number of Topliss-reactive ketones (excluding diaryl/α,β-unsaturated/α-hetero) is 1. The van der Waals surface area contributed by atoms with Gasteiger partial charge < -0.3 is 0 Å². The molecule has 0 spiro atoms. The number of hydrogen-bond acceptors (Lipinski definition) is 2. The summed E-state index contributed by atoms with van der Waals surface area (Å²) >= 11 is 6.20. The van der Waals surface area contributed by atoms with Crippen molar-refractivity contribution < 1.29 is 4.79 Å². The molecule has 0 aromatic heterocycles. The number of benzene rings is 1. The summed E-state index contributed by atoms with van der Waals surface area (Å²) in [5, 5.41) is 0.590. The molecule has 1 heterocycles. The first kappa shape index (κ1) is 16.5. The lowest BCUT2D eigenvalue weighted by molar-refractivity contribution is 0.0768. The third-order valence-corrected chi connectivity index (χ3v) is 4.77. The second kappa shape index (κ2) is 6.50. The van der Waals surface area contributed by atoms with Gasteiger partial charge in [-0.05, 0) is 77.2 Å². The standard InChI is InChI=1S/C18H26ClNO/c1-13-5-6-15(16(19)11-13)17(21)12-14-7-9-20(10-8-14)18(2,3)4/h5-6,11,14H,7-10,12H2,1-4H3. The van der Waals surface area contributed by atoms with E-state index in [1.165, 1.54) is 0 Å². The number of piperidine rings is 1. The zero-order valence-electron chi connectivity index (χ0n) is 13.6. The van der Waals surface area contributed by atoms with Gasteiger partial charge in [-0.2, -0.15) is 0 Å². The van der Waals surface area contributed by atoms with Crippen LogP contribution < -0.4 is 0 Å². The second-order valence-electron chi connectivity index (χ2n) is 7.21. The van der Waals surface area contributed by atoms with Crippen molar-refractivity contribution >= 4 is 17.4 Å². The molecule has 1 aliphatic rings. The number of rotatable bonds is 3. The van der Waals surface area contributed by atoms with E-state index in [-0.39, 0.29) is 11.3 Å². The van der Waals surface area contributed by atoms with Crippen LogP contribution in [0.15, 0.2) is 18.2 Å². The van der Waals surface area contributed by atoms with Gasteiger partial charge in [-0.1, -0.05) is 17.7 Å². The highest BCUT2D eigenvalue weighted by atomic mass is 35.5. The predicted octanol–water partition coefficient (Wildman–Crippen LogP) is 4.73. The number of halogens is 1. The predicted molar refractivity (Wildman–Crippen MR) is 89.2 cm³/mol. The number of nitrogens with zero attached hydrogens (tertiary/aromatic N) is 1. The van der Waals surface area contributed by atoms with Crippen LogP contribution in [-0.4, -0.2) is 29.3 Å². The van der Waals surface area contributed by atoms with Gasteiger partial charge in [-0.3, -0.25) is 9.69 Å². The van der Waals surface area contributed by atoms with Crippen LogP contribution in [-0.2, 0) is 0 Å². The first-order valence-corrected chi connectivity index (χ1v) is 8.19. The molecule has 2 nitrogen and oxygen atoms in total. The summed E-state index contributed by atoms with van der Waals surface area (Å²) in [4.78, 5) is 14.9. The lowest BCUT2D eigenvalue weighted by atomic mass is 9.88. The highest BCUT2D eigenvalue weighted by molar-refractivity contribution is 6.34. The van der Waals surface area contributed by atoms with Crippen LogP contribution in [0.3, 0.4) is 0 Å². The average Bonchev–Trinajstić information content (AvgIpc) is 2.38. The van der Waals surface area contributed by atoms with E-state index in [1.54, 1.807) is 0 Å². The molecule has 1 aromatic rings. The van der Waals surface area contributed by atoms with Crippen LogP contribution in [0, 0.1) is 12.8 Å². The maximum absolute atomic E-state index is 12.4. The van der Waals surface area contributed by atoms with Gasteiger partial charge >= 0.3 is 0 Å². The van der Waals surface area contributed by atoms with Crippen molar-refractivity contribution in [2.75, 3.05) is 13.1 Å². The molecule has 1 saturated heterocycles. The van der Waals surface area contributed by atoms with Crippen molar-refractivity contribution in [2.45, 2.75) is 52.5 Å². The number of carbonyl (C=O) groups excluding carboxylic acids is 1. The Kier molecular flexibility index (Phi) is 5.11. The first-order chi connectivity index (χ1) is 9.77. The van der Waals surface area contributed by atoms with E-state index in [0.29, 0.717) is 22.9 Å². The topological polar surface area (TPSA) is 20.3 Å². The van der Waals surface area contributed by atoms with Gasteiger partial charge in [0.15, 0.2) is 5.78 Å². The molecule has 0 unspecified atom stereocenters. The Balaban J connectivity index is 1.93. The molecule has 0 bridgehead atoms. The highest BCUT2D eigenvalue weighted by Crippen LogP contribution is 2.28. The van der Waals surface area contributed by atoms with Crippen molar-refractivity contribution in [1.82, 2.24) is 4.90 Å². The molecule has 0 atom stereocenters. The maximum atomic E-state index is 12.4. The number of carbonyl (C=O) groups is 1. The van der Waals surface area contributed by atoms with Crippen LogP contribution in [0.1, 0.15) is 56.0 Å². The van der Waals surface area contributed by atoms with Crippen LogP contribution in [0.2, 0.25) is 5.02 Å². The Morgan fingerprint density at radius 1 is 1.29 bits per heavy atom. The average molecular weight is 308 g/mol. The Hall–Kier alpha value is -0.860. The summed E-state index contributed by atoms with van der Waals surface area (Å²) in [7, 11) is 0. The van der Waals surface area contributed by atoms with Gasteiger partial charge in [-0.25, -0.2) is 0 Å². The lowest BCUT2D eigenvalue weighted by Gasteiger charge is -2.40. The number of likely N-dealkylation sites (tertiary alicyclic amines) is 1. The summed E-state index contributed by atoms with van der Waals surface area (Å²) in [6.07, 6.45) is 2.83. The molecule has 0 N–H and O–H groups in total. The summed E-state index contributed by atoms with van der Waals surface area (Å²) in [5.41, 5.74) is 2.01. The first-order valence-electron chi connectivity index (χ1n) is 7.82. The number of aryl methyl sites for hydroxylation is 1. The van der Waals surface area contributed by atoms with Crippen molar-refractivity contribution in [3.63, 3.8) is 0 Å². The Labute approximate surface area is 133 Å². The van der Waals surface area contributed by atoms with Gasteiger partial charge in [0.05, 0.1) is 5.02 Å². The maximum Gasteiger partial charge on any atom is 0.164 e. The van der Waals surface area contributed by atoms with E-state index >= 15 is 0 Å². The van der Waals surface area contributed by atoms with Crippen LogP contribution in [0.4, 0.5) is 0 Å². The fourth-order valence-electron chi connectivity index (χ4n) is 3.03. The normalized spacial score (nSPS) is 18.0. The monoisotopic (exact) mass is 307 g/mol. The van der Waals surface area contributed by atoms with E-state index in [2.05, 4.69) is 25.7 Å². The Bertz CT molecular complexity index is 510. The second-order valence-corrected chi connectivity index (χ2v) is 7.62. The molecule has 3 heteroatoms. The van der Waals surface area contributed by atoms with Crippen LogP contribution in [0.5, 0.6) is 0 Å². The number of hydrogen-bond donors (Lipinski definition) is 0. The van der Waals surface area contributed by atoms with Crippen molar-refractivity contribution in [1.29, 1.82) is 0 Å². The molecular weight excluding hydrogens is 282 g/mol. The molecular formula is C18H26ClNO. The molecule has 0 aliphatic carbocycles. The smallest absolute Gasteiger partial charge is 0.164 e. The number of ketones is 1. The zero-order chi connectivity index (χ0) is 15.6. The van der Waals surface area contributed by atoms with Gasteiger partial charge in [0, 0.05) is 17.5 Å². The summed E-state index contributed by atoms with van der Waals surface area (Å²) < 4.78 is 0. The summed E-state index contributed by atoms with van der Waals surface area (Å²) in [6.45, 7) is 10.9.